The maximum absolute atomic E-state index is 12.7. The molecule has 3 aromatic carbocycles. The summed E-state index contributed by atoms with van der Waals surface area (Å²) in [4.78, 5) is 37.9. The Bertz CT molecular complexity index is 1440. The first kappa shape index (κ1) is 39.1. The zero-order chi connectivity index (χ0) is 35.3. The summed E-state index contributed by atoms with van der Waals surface area (Å²) in [5.41, 5.74) is 2.00. The lowest BCUT2D eigenvalue weighted by molar-refractivity contribution is -0.143. The van der Waals surface area contributed by atoms with Gasteiger partial charge in [-0.15, -0.1) is 0 Å². The molecule has 0 aliphatic carbocycles. The molecule has 0 N–H and O–H groups in total. The third-order valence-corrected chi connectivity index (χ3v) is 8.23. The number of unbranched alkanes of at least 4 members (excludes halogenated alkanes) is 10. The Morgan fingerprint density at radius 2 is 1.04 bits per heavy atom. The Balaban J connectivity index is 1.40. The minimum atomic E-state index is -0.545. The van der Waals surface area contributed by atoms with Crippen LogP contribution in [0.15, 0.2) is 78.4 Å². The molecule has 0 amide bonds. The number of carbonyl (C=O) groups excluding carboxylic acids is 3. The molecule has 0 aliphatic rings. The van der Waals surface area contributed by atoms with Crippen molar-refractivity contribution >= 4 is 24.0 Å². The van der Waals surface area contributed by atoms with Gasteiger partial charge in [0.05, 0.1) is 23.8 Å². The molecule has 49 heavy (non-hydrogen) atoms. The molecule has 0 saturated heterocycles. The second-order valence-electron chi connectivity index (χ2n) is 12.6. The second-order valence-corrected chi connectivity index (χ2v) is 12.6. The molecule has 3 rings (SSSR count). The fraction of sp³-hybridized carbons (Fsp3) is 0.452. The van der Waals surface area contributed by atoms with E-state index in [9.17, 15) is 14.4 Å². The van der Waals surface area contributed by atoms with Gasteiger partial charge in [0.1, 0.15) is 17.2 Å². The molecule has 7 heteroatoms. The van der Waals surface area contributed by atoms with Gasteiger partial charge in [-0.25, -0.2) is 14.4 Å². The van der Waals surface area contributed by atoms with Crippen molar-refractivity contribution in [2.75, 3.05) is 6.61 Å². The van der Waals surface area contributed by atoms with Crippen molar-refractivity contribution in [1.82, 2.24) is 0 Å². The fourth-order valence-corrected chi connectivity index (χ4v) is 5.24. The SMILES string of the molecule is CCCCCCCCCCOc1ccc(C(=O)Oc2ccc(C(=O)Oc3ccc(C=C(C)C(=O)OC(C)CCCCCC)cc3)cc2)cc1. The third-order valence-electron chi connectivity index (χ3n) is 8.23. The highest BCUT2D eigenvalue weighted by molar-refractivity contribution is 5.94. The summed E-state index contributed by atoms with van der Waals surface area (Å²) in [6.45, 7) is 8.72. The number of hydrogen-bond donors (Lipinski definition) is 0. The predicted octanol–water partition coefficient (Wildman–Crippen LogP) is 10.9. The standard InChI is InChI=1S/C42H54O7/c1-5-7-9-11-12-13-14-16-30-46-37-26-20-35(21-27-37)41(44)49-39-28-22-36(23-29-39)42(45)48-38-24-18-34(19-25-38)31-32(3)40(43)47-33(4)17-15-10-8-6-2/h18-29,31,33H,5-17,30H2,1-4H3. The van der Waals surface area contributed by atoms with Gasteiger partial charge in [-0.05, 0) is 105 Å². The summed E-state index contributed by atoms with van der Waals surface area (Å²) >= 11 is 0. The smallest absolute Gasteiger partial charge is 0.343 e. The van der Waals surface area contributed by atoms with Gasteiger partial charge in [-0.1, -0.05) is 90.2 Å². The zero-order valence-electron chi connectivity index (χ0n) is 29.8. The van der Waals surface area contributed by atoms with Crippen LogP contribution in [0.4, 0.5) is 0 Å². The van der Waals surface area contributed by atoms with Gasteiger partial charge in [0.15, 0.2) is 0 Å². The van der Waals surface area contributed by atoms with E-state index < -0.39 is 11.9 Å². The number of hydrogen-bond acceptors (Lipinski definition) is 7. The van der Waals surface area contributed by atoms with E-state index in [1.54, 1.807) is 85.8 Å². The van der Waals surface area contributed by atoms with E-state index in [-0.39, 0.29) is 12.1 Å². The maximum Gasteiger partial charge on any atom is 0.343 e. The largest absolute Gasteiger partial charge is 0.494 e. The number of benzene rings is 3. The summed E-state index contributed by atoms with van der Waals surface area (Å²) < 4.78 is 22.4. The van der Waals surface area contributed by atoms with Crippen LogP contribution >= 0.6 is 0 Å². The average Bonchev–Trinajstić information content (AvgIpc) is 3.10. The fourth-order valence-electron chi connectivity index (χ4n) is 5.24. The number of carbonyl (C=O) groups is 3. The molecule has 0 radical (unpaired) electrons. The highest BCUT2D eigenvalue weighted by atomic mass is 16.5. The quantitative estimate of drug-likeness (QED) is 0.0455. The molecule has 0 heterocycles. The normalized spacial score (nSPS) is 11.9. The van der Waals surface area contributed by atoms with Crippen molar-refractivity contribution in [3.63, 3.8) is 0 Å². The van der Waals surface area contributed by atoms with Gasteiger partial charge in [0.2, 0.25) is 0 Å². The van der Waals surface area contributed by atoms with Crippen LogP contribution in [0.1, 0.15) is 137 Å². The number of esters is 3. The summed E-state index contributed by atoms with van der Waals surface area (Å²) in [6.07, 6.45) is 17.0. The molecule has 0 spiro atoms. The minimum absolute atomic E-state index is 0.123. The molecule has 1 atom stereocenters. The van der Waals surface area contributed by atoms with E-state index in [0.717, 1.165) is 43.4 Å². The lowest BCUT2D eigenvalue weighted by Gasteiger charge is -2.13. The van der Waals surface area contributed by atoms with E-state index in [0.29, 0.717) is 34.8 Å². The van der Waals surface area contributed by atoms with Crippen molar-refractivity contribution in [3.05, 3.63) is 95.1 Å². The summed E-state index contributed by atoms with van der Waals surface area (Å²) in [5, 5.41) is 0. The predicted molar refractivity (Wildman–Crippen MR) is 195 cm³/mol. The van der Waals surface area contributed by atoms with E-state index in [4.69, 9.17) is 18.9 Å². The van der Waals surface area contributed by atoms with Crippen molar-refractivity contribution < 1.29 is 33.3 Å². The van der Waals surface area contributed by atoms with Crippen LogP contribution in [0.2, 0.25) is 0 Å². The van der Waals surface area contributed by atoms with E-state index in [1.807, 2.05) is 6.92 Å². The van der Waals surface area contributed by atoms with E-state index in [1.165, 1.54) is 51.4 Å². The highest BCUT2D eigenvalue weighted by Gasteiger charge is 2.14. The molecular weight excluding hydrogens is 616 g/mol. The maximum atomic E-state index is 12.7. The Kier molecular flexibility index (Phi) is 17.8. The first-order valence-corrected chi connectivity index (χ1v) is 18.1. The molecule has 0 aromatic heterocycles. The molecule has 1 unspecified atom stereocenters. The lowest BCUT2D eigenvalue weighted by atomic mass is 10.1. The molecular formula is C42H54O7. The first-order chi connectivity index (χ1) is 23.8. The van der Waals surface area contributed by atoms with Crippen LogP contribution in [-0.4, -0.2) is 30.6 Å². The summed E-state index contributed by atoms with van der Waals surface area (Å²) in [7, 11) is 0. The Morgan fingerprint density at radius 3 is 1.57 bits per heavy atom. The zero-order valence-corrected chi connectivity index (χ0v) is 29.8. The van der Waals surface area contributed by atoms with Gasteiger partial charge in [-0.3, -0.25) is 0 Å². The first-order valence-electron chi connectivity index (χ1n) is 18.1. The van der Waals surface area contributed by atoms with Gasteiger partial charge in [-0.2, -0.15) is 0 Å². The van der Waals surface area contributed by atoms with Crippen LogP contribution in [0.25, 0.3) is 6.08 Å². The Hall–Kier alpha value is -4.39. The molecule has 0 saturated carbocycles. The van der Waals surface area contributed by atoms with Crippen LogP contribution in [0.3, 0.4) is 0 Å². The van der Waals surface area contributed by atoms with Gasteiger partial charge >= 0.3 is 17.9 Å². The number of rotatable bonds is 22. The number of ether oxygens (including phenoxy) is 4. The van der Waals surface area contributed by atoms with Gasteiger partial charge in [0, 0.05) is 5.57 Å². The topological polar surface area (TPSA) is 88.1 Å². The lowest BCUT2D eigenvalue weighted by Crippen LogP contribution is -2.15. The Morgan fingerprint density at radius 1 is 0.592 bits per heavy atom. The van der Waals surface area contributed by atoms with Crippen LogP contribution in [-0.2, 0) is 9.53 Å². The Labute approximate surface area is 293 Å². The molecule has 0 aliphatic heterocycles. The van der Waals surface area contributed by atoms with Crippen LogP contribution in [0.5, 0.6) is 17.2 Å². The second kappa shape index (κ2) is 22.3. The average molecular weight is 671 g/mol. The van der Waals surface area contributed by atoms with Crippen molar-refractivity contribution in [2.45, 2.75) is 117 Å². The third kappa shape index (κ3) is 15.1. The molecule has 264 valence electrons. The highest BCUT2D eigenvalue weighted by Crippen LogP contribution is 2.20. The summed E-state index contributed by atoms with van der Waals surface area (Å²) in [6, 6.07) is 20.0. The van der Waals surface area contributed by atoms with E-state index in [2.05, 4.69) is 13.8 Å². The van der Waals surface area contributed by atoms with Crippen molar-refractivity contribution in [3.8, 4) is 17.2 Å². The molecule has 0 fully saturated rings. The molecule has 7 nitrogen and oxygen atoms in total. The summed E-state index contributed by atoms with van der Waals surface area (Å²) in [5.74, 6) is 0.0219. The minimum Gasteiger partial charge on any atom is -0.494 e. The van der Waals surface area contributed by atoms with Crippen molar-refractivity contribution in [2.24, 2.45) is 0 Å². The van der Waals surface area contributed by atoms with Crippen LogP contribution in [0, 0.1) is 0 Å². The van der Waals surface area contributed by atoms with E-state index >= 15 is 0 Å². The van der Waals surface area contributed by atoms with Crippen molar-refractivity contribution in [1.29, 1.82) is 0 Å². The van der Waals surface area contributed by atoms with Gasteiger partial charge < -0.3 is 18.9 Å². The monoisotopic (exact) mass is 670 g/mol. The molecule has 3 aromatic rings. The molecule has 0 bridgehead atoms. The van der Waals surface area contributed by atoms with Crippen LogP contribution < -0.4 is 14.2 Å². The van der Waals surface area contributed by atoms with Gasteiger partial charge in [0.25, 0.3) is 0 Å².